The monoisotopic (exact) mass is 123 g/mol. The van der Waals surface area contributed by atoms with E-state index in [0.717, 1.165) is 0 Å². The molecular formula is C5H5N3O+. The molecule has 0 spiro atoms. The van der Waals surface area contributed by atoms with E-state index in [-0.39, 0.29) is 6.54 Å². The molecule has 0 heterocycles. The van der Waals surface area contributed by atoms with Crippen LogP contribution in [0.1, 0.15) is 6.92 Å². The molecule has 0 aromatic rings. The summed E-state index contributed by atoms with van der Waals surface area (Å²) in [7, 11) is 0. The molecule has 45 valence electrons. The lowest BCUT2D eigenvalue weighted by atomic mass is 10.5. The molecule has 4 heteroatoms. The third-order valence-electron chi connectivity index (χ3n) is 0.972. The molecule has 0 bridgehead atoms. The Morgan fingerprint density at radius 1 is 1.44 bits per heavy atom. The predicted octanol–water partition coefficient (Wildman–Crippen LogP) is -0.148. The number of hydrogen-bond acceptors (Lipinski definition) is 3. The molecule has 0 saturated heterocycles. The summed E-state index contributed by atoms with van der Waals surface area (Å²) in [5, 5.41) is 16.4. The number of carbonyl (C=O) groups excluding carboxylic acids is 1. The van der Waals surface area contributed by atoms with Crippen LogP contribution in [-0.4, -0.2) is 17.4 Å². The molecule has 0 aliphatic carbocycles. The Morgan fingerprint density at radius 3 is 1.89 bits per heavy atom. The third kappa shape index (κ3) is 1.25. The molecule has 4 nitrogen and oxygen atoms in total. The van der Waals surface area contributed by atoms with E-state index in [1.165, 1.54) is 18.8 Å². The van der Waals surface area contributed by atoms with E-state index in [2.05, 4.69) is 0 Å². The summed E-state index contributed by atoms with van der Waals surface area (Å²) in [6, 6.07) is 0. The van der Waals surface area contributed by atoms with E-state index in [9.17, 15) is 4.79 Å². The van der Waals surface area contributed by atoms with Crippen LogP contribution in [0.5, 0.6) is 0 Å². The van der Waals surface area contributed by atoms with Crippen LogP contribution in [0.3, 0.4) is 0 Å². The lowest BCUT2D eigenvalue weighted by molar-refractivity contribution is -0.695. The van der Waals surface area contributed by atoms with Crippen molar-refractivity contribution in [2.75, 3.05) is 6.54 Å². The number of rotatable bonds is 2. The van der Waals surface area contributed by atoms with Gasteiger partial charge in [-0.05, 0) is 6.92 Å². The van der Waals surface area contributed by atoms with Gasteiger partial charge in [0.15, 0.2) is 0 Å². The Kier molecular flexibility index (Phi) is 2.37. The van der Waals surface area contributed by atoms with Crippen molar-refractivity contribution in [2.45, 2.75) is 6.92 Å². The van der Waals surface area contributed by atoms with Crippen molar-refractivity contribution in [1.29, 1.82) is 10.5 Å². The average molecular weight is 123 g/mol. The van der Waals surface area contributed by atoms with Crippen molar-refractivity contribution >= 4 is 6.41 Å². The number of nitriles is 2. The summed E-state index contributed by atoms with van der Waals surface area (Å²) in [5.74, 6) is 0. The van der Waals surface area contributed by atoms with E-state index in [0.29, 0.717) is 0 Å². The highest BCUT2D eigenvalue weighted by Gasteiger charge is 2.27. The van der Waals surface area contributed by atoms with Gasteiger partial charge in [0.1, 0.15) is 6.54 Å². The zero-order valence-electron chi connectivity index (χ0n) is 4.96. The van der Waals surface area contributed by atoms with Gasteiger partial charge in [-0.3, -0.25) is 0 Å². The summed E-state index contributed by atoms with van der Waals surface area (Å²) in [6.45, 7) is 1.70. The number of quaternary nitrogens is 1. The first-order chi connectivity index (χ1) is 4.24. The zero-order chi connectivity index (χ0) is 7.33. The second-order valence-electron chi connectivity index (χ2n) is 1.42. The molecular weight excluding hydrogens is 118 g/mol. The van der Waals surface area contributed by atoms with Gasteiger partial charge in [-0.2, -0.15) is 0 Å². The van der Waals surface area contributed by atoms with Crippen LogP contribution >= 0.6 is 0 Å². The second-order valence-corrected chi connectivity index (χ2v) is 1.42. The zero-order valence-corrected chi connectivity index (χ0v) is 4.96. The maximum atomic E-state index is 9.92. The number of amides is 1. The molecule has 9 heavy (non-hydrogen) atoms. The Balaban J connectivity index is 4.47. The summed E-state index contributed by atoms with van der Waals surface area (Å²) >= 11 is 0. The average Bonchev–Trinajstić information content (AvgIpc) is 1.95. The Hall–Kier alpha value is -1.39. The minimum absolute atomic E-state index is 0.135. The molecule has 1 radical (unpaired) electrons. The second kappa shape index (κ2) is 2.81. The van der Waals surface area contributed by atoms with E-state index in [1.54, 1.807) is 6.92 Å². The third-order valence-corrected chi connectivity index (χ3v) is 0.972. The lowest BCUT2D eigenvalue weighted by Crippen LogP contribution is -2.35. The normalized spacial score (nSPS) is 9.22. The largest absolute Gasteiger partial charge is 0.474 e. The fourth-order valence-electron chi connectivity index (χ4n) is 0.269. The van der Waals surface area contributed by atoms with Gasteiger partial charge in [-0.15, -0.1) is 10.5 Å². The van der Waals surface area contributed by atoms with Gasteiger partial charge in [0.2, 0.25) is 0 Å². The highest BCUT2D eigenvalue weighted by molar-refractivity contribution is 5.41. The lowest BCUT2D eigenvalue weighted by Gasteiger charge is -2.02. The van der Waals surface area contributed by atoms with Crippen molar-refractivity contribution in [3.63, 3.8) is 0 Å². The van der Waals surface area contributed by atoms with Crippen molar-refractivity contribution in [2.24, 2.45) is 0 Å². The predicted molar refractivity (Wildman–Crippen MR) is 27.7 cm³/mol. The summed E-state index contributed by atoms with van der Waals surface area (Å²) in [5.41, 5.74) is 0. The fraction of sp³-hybridized carbons (Fsp3) is 0.400. The number of nitrogens with zero attached hydrogens (tertiary/aromatic N) is 3. The Labute approximate surface area is 53.1 Å². The van der Waals surface area contributed by atoms with Gasteiger partial charge in [-0.25, -0.2) is 4.79 Å². The van der Waals surface area contributed by atoms with E-state index < -0.39 is 4.48 Å². The SMILES string of the molecule is CC[N+]([C]=O)(C#N)C#N. The van der Waals surface area contributed by atoms with Crippen LogP contribution in [0.2, 0.25) is 0 Å². The molecule has 0 rings (SSSR count). The molecule has 0 aromatic heterocycles. The minimum atomic E-state index is -0.917. The molecule has 0 saturated carbocycles. The summed E-state index contributed by atoms with van der Waals surface area (Å²) in [6.07, 6.45) is 4.36. The first-order valence-corrected chi connectivity index (χ1v) is 2.35. The topological polar surface area (TPSA) is 64.7 Å². The summed E-state index contributed by atoms with van der Waals surface area (Å²) in [4.78, 5) is 9.92. The minimum Gasteiger partial charge on any atom is -0.212 e. The molecule has 1 amide bonds. The number of hydrogen-bond donors (Lipinski definition) is 0. The van der Waals surface area contributed by atoms with Gasteiger partial charge >= 0.3 is 18.8 Å². The molecule has 0 aromatic carbocycles. The van der Waals surface area contributed by atoms with Crippen molar-refractivity contribution in [3.05, 3.63) is 0 Å². The van der Waals surface area contributed by atoms with Crippen molar-refractivity contribution in [1.82, 2.24) is 0 Å². The van der Waals surface area contributed by atoms with Crippen LogP contribution in [-0.2, 0) is 4.79 Å². The van der Waals surface area contributed by atoms with Gasteiger partial charge in [0, 0.05) is 0 Å². The van der Waals surface area contributed by atoms with Gasteiger partial charge < -0.3 is 0 Å². The molecule has 0 aliphatic rings. The van der Waals surface area contributed by atoms with Gasteiger partial charge in [0.25, 0.3) is 0 Å². The smallest absolute Gasteiger partial charge is 0.212 e. The summed E-state index contributed by atoms with van der Waals surface area (Å²) < 4.78 is -0.917. The molecule has 0 fully saturated rings. The van der Waals surface area contributed by atoms with Gasteiger partial charge in [-0.1, -0.05) is 4.48 Å². The highest BCUT2D eigenvalue weighted by Crippen LogP contribution is 1.94. The van der Waals surface area contributed by atoms with Crippen LogP contribution in [0.15, 0.2) is 0 Å². The molecule has 0 unspecified atom stereocenters. The first kappa shape index (κ1) is 7.61. The van der Waals surface area contributed by atoms with Gasteiger partial charge in [0.05, 0.1) is 0 Å². The van der Waals surface area contributed by atoms with Crippen LogP contribution in [0.25, 0.3) is 0 Å². The first-order valence-electron chi connectivity index (χ1n) is 2.35. The molecule has 0 aliphatic heterocycles. The quantitative estimate of drug-likeness (QED) is 0.379. The maximum absolute atomic E-state index is 9.92. The molecule has 0 atom stereocenters. The van der Waals surface area contributed by atoms with E-state index in [4.69, 9.17) is 10.5 Å². The van der Waals surface area contributed by atoms with Crippen molar-refractivity contribution in [3.8, 4) is 12.4 Å². The highest BCUT2D eigenvalue weighted by atomic mass is 16.1. The molecule has 0 N–H and O–H groups in total. The van der Waals surface area contributed by atoms with E-state index in [1.807, 2.05) is 0 Å². The fourth-order valence-corrected chi connectivity index (χ4v) is 0.269. The van der Waals surface area contributed by atoms with Crippen LogP contribution < -0.4 is 0 Å². The van der Waals surface area contributed by atoms with Crippen LogP contribution in [0.4, 0.5) is 0 Å². The van der Waals surface area contributed by atoms with E-state index >= 15 is 0 Å². The maximum Gasteiger partial charge on any atom is 0.474 e. The Bertz CT molecular complexity index is 171. The van der Waals surface area contributed by atoms with Crippen molar-refractivity contribution < 1.29 is 9.28 Å². The Morgan fingerprint density at radius 2 is 1.89 bits per heavy atom. The standard InChI is InChI=1S/C5H5N3O/c1-2-8(3-6,4-7)5-9/h2H2,1H3/q+1. The van der Waals surface area contributed by atoms with Crippen LogP contribution in [0, 0.1) is 22.9 Å².